The first-order valence-corrected chi connectivity index (χ1v) is 8.90. The number of hydrogen-bond donors (Lipinski definition) is 0. The lowest BCUT2D eigenvalue weighted by molar-refractivity contribution is 0.317. The van der Waals surface area contributed by atoms with Crippen LogP contribution in [-0.4, -0.2) is 13.2 Å². The van der Waals surface area contributed by atoms with E-state index in [9.17, 15) is 0 Å². The number of ether oxygens (including phenoxy) is 2. The number of halogens is 2. The Bertz CT molecular complexity index is 641. The van der Waals surface area contributed by atoms with Gasteiger partial charge in [0.05, 0.1) is 17.7 Å². The summed E-state index contributed by atoms with van der Waals surface area (Å²) in [6, 6.07) is 12.5. The summed E-state index contributed by atoms with van der Waals surface area (Å²) in [5, 5.41) is 0.790. The second kappa shape index (κ2) is 6.84. The van der Waals surface area contributed by atoms with Gasteiger partial charge in [-0.3, -0.25) is 0 Å². The second-order valence-electron chi connectivity index (χ2n) is 5.00. The number of para-hydroxylation sites is 1. The maximum absolute atomic E-state index is 5.97. The molecule has 1 aliphatic heterocycles. The topological polar surface area (TPSA) is 18.5 Å². The molecule has 21 heavy (non-hydrogen) atoms. The van der Waals surface area contributed by atoms with Crippen LogP contribution in [0.1, 0.15) is 16.7 Å². The van der Waals surface area contributed by atoms with Gasteiger partial charge in [-0.1, -0.05) is 40.2 Å². The van der Waals surface area contributed by atoms with Gasteiger partial charge in [-0.15, -0.1) is 0 Å². The first-order valence-electron chi connectivity index (χ1n) is 6.98. The standard InChI is InChI=1S/C17H16Br2O2/c18-11-14-2-1-3-15(19)17(14)21-8-6-12-4-5-16-13(10-12)7-9-20-16/h1-5,10H,6-9,11H2. The van der Waals surface area contributed by atoms with E-state index in [1.807, 2.05) is 12.1 Å². The Kier molecular flexibility index (Phi) is 4.86. The van der Waals surface area contributed by atoms with Crippen molar-refractivity contribution in [3.63, 3.8) is 0 Å². The van der Waals surface area contributed by atoms with Crippen LogP contribution >= 0.6 is 31.9 Å². The molecular formula is C17H16Br2O2. The molecule has 0 saturated heterocycles. The van der Waals surface area contributed by atoms with Crippen LogP contribution in [0.2, 0.25) is 0 Å². The highest BCUT2D eigenvalue weighted by atomic mass is 79.9. The van der Waals surface area contributed by atoms with Gasteiger partial charge in [0.15, 0.2) is 0 Å². The maximum Gasteiger partial charge on any atom is 0.137 e. The maximum atomic E-state index is 5.97. The van der Waals surface area contributed by atoms with Gasteiger partial charge in [0.2, 0.25) is 0 Å². The number of fused-ring (bicyclic) bond motifs is 1. The van der Waals surface area contributed by atoms with Crippen LogP contribution in [0.5, 0.6) is 11.5 Å². The Labute approximate surface area is 141 Å². The lowest BCUT2D eigenvalue weighted by Gasteiger charge is -2.12. The number of hydrogen-bond acceptors (Lipinski definition) is 2. The molecule has 0 radical (unpaired) electrons. The Hall–Kier alpha value is -1.00. The van der Waals surface area contributed by atoms with E-state index < -0.39 is 0 Å². The van der Waals surface area contributed by atoms with Crippen molar-refractivity contribution in [1.29, 1.82) is 0 Å². The van der Waals surface area contributed by atoms with Crippen molar-refractivity contribution in [3.8, 4) is 11.5 Å². The molecule has 0 fully saturated rings. The van der Waals surface area contributed by atoms with Crippen molar-refractivity contribution in [2.24, 2.45) is 0 Å². The average Bonchev–Trinajstić information content (AvgIpc) is 2.96. The fourth-order valence-electron chi connectivity index (χ4n) is 2.49. The van der Waals surface area contributed by atoms with Crippen LogP contribution in [-0.2, 0) is 18.2 Å². The predicted molar refractivity (Wildman–Crippen MR) is 91.6 cm³/mol. The molecule has 0 amide bonds. The van der Waals surface area contributed by atoms with Crippen molar-refractivity contribution in [3.05, 3.63) is 57.6 Å². The van der Waals surface area contributed by atoms with Crippen molar-refractivity contribution in [1.82, 2.24) is 0 Å². The van der Waals surface area contributed by atoms with Gasteiger partial charge < -0.3 is 9.47 Å². The molecule has 0 bridgehead atoms. The van der Waals surface area contributed by atoms with Crippen LogP contribution in [0.4, 0.5) is 0 Å². The van der Waals surface area contributed by atoms with Crippen molar-refractivity contribution < 1.29 is 9.47 Å². The molecule has 0 N–H and O–H groups in total. The van der Waals surface area contributed by atoms with E-state index in [1.165, 1.54) is 11.1 Å². The zero-order chi connectivity index (χ0) is 14.7. The Balaban J connectivity index is 1.64. The van der Waals surface area contributed by atoms with E-state index >= 15 is 0 Å². The fraction of sp³-hybridized carbons (Fsp3) is 0.294. The second-order valence-corrected chi connectivity index (χ2v) is 6.42. The van der Waals surface area contributed by atoms with Gasteiger partial charge in [0.1, 0.15) is 11.5 Å². The molecule has 2 aromatic carbocycles. The van der Waals surface area contributed by atoms with Gasteiger partial charge in [-0.25, -0.2) is 0 Å². The van der Waals surface area contributed by atoms with Crippen LogP contribution in [0, 0.1) is 0 Å². The highest BCUT2D eigenvalue weighted by molar-refractivity contribution is 9.10. The summed E-state index contributed by atoms with van der Waals surface area (Å²) < 4.78 is 12.5. The molecule has 0 atom stereocenters. The van der Waals surface area contributed by atoms with Gasteiger partial charge in [-0.05, 0) is 39.2 Å². The van der Waals surface area contributed by atoms with Crippen molar-refractivity contribution >= 4 is 31.9 Å². The molecule has 0 unspecified atom stereocenters. The van der Waals surface area contributed by atoms with Gasteiger partial charge in [0.25, 0.3) is 0 Å². The minimum atomic E-state index is 0.669. The largest absolute Gasteiger partial charge is 0.493 e. The summed E-state index contributed by atoms with van der Waals surface area (Å²) in [6.07, 6.45) is 1.92. The molecule has 0 aromatic heterocycles. The lowest BCUT2D eigenvalue weighted by Crippen LogP contribution is -2.04. The fourth-order valence-corrected chi connectivity index (χ4v) is 3.45. The number of alkyl halides is 1. The summed E-state index contributed by atoms with van der Waals surface area (Å²) >= 11 is 7.05. The molecule has 0 spiro atoms. The van der Waals surface area contributed by atoms with Gasteiger partial charge in [-0.2, -0.15) is 0 Å². The zero-order valence-electron chi connectivity index (χ0n) is 11.6. The van der Waals surface area contributed by atoms with E-state index in [0.717, 1.165) is 46.3 Å². The SMILES string of the molecule is BrCc1cccc(Br)c1OCCc1ccc2c(c1)CCO2. The minimum absolute atomic E-state index is 0.669. The van der Waals surface area contributed by atoms with E-state index in [2.05, 4.69) is 56.1 Å². The molecule has 2 nitrogen and oxygen atoms in total. The van der Waals surface area contributed by atoms with Crippen LogP contribution < -0.4 is 9.47 Å². The highest BCUT2D eigenvalue weighted by Crippen LogP contribution is 2.31. The predicted octanol–water partition coefficient (Wildman–Crippen LogP) is 4.90. The monoisotopic (exact) mass is 410 g/mol. The van der Waals surface area contributed by atoms with Crippen molar-refractivity contribution in [2.75, 3.05) is 13.2 Å². The summed E-state index contributed by atoms with van der Waals surface area (Å²) in [5.41, 5.74) is 3.77. The first-order chi connectivity index (χ1) is 10.3. The number of rotatable bonds is 5. The summed E-state index contributed by atoms with van der Waals surface area (Å²) in [5.74, 6) is 1.96. The molecule has 110 valence electrons. The highest BCUT2D eigenvalue weighted by Gasteiger charge is 2.12. The van der Waals surface area contributed by atoms with Crippen LogP contribution in [0.3, 0.4) is 0 Å². The van der Waals surface area contributed by atoms with E-state index in [0.29, 0.717) is 6.61 Å². The number of benzene rings is 2. The molecule has 4 heteroatoms. The first kappa shape index (κ1) is 14.9. The van der Waals surface area contributed by atoms with E-state index in [1.54, 1.807) is 0 Å². The Morgan fingerprint density at radius 1 is 1.19 bits per heavy atom. The van der Waals surface area contributed by atoms with E-state index in [4.69, 9.17) is 9.47 Å². The molecule has 1 aliphatic rings. The molecule has 3 rings (SSSR count). The summed E-state index contributed by atoms with van der Waals surface area (Å²) in [7, 11) is 0. The Morgan fingerprint density at radius 3 is 2.95 bits per heavy atom. The smallest absolute Gasteiger partial charge is 0.137 e. The molecular weight excluding hydrogens is 396 g/mol. The third kappa shape index (κ3) is 3.43. The van der Waals surface area contributed by atoms with Crippen LogP contribution in [0.25, 0.3) is 0 Å². The third-order valence-electron chi connectivity index (χ3n) is 3.58. The lowest BCUT2D eigenvalue weighted by atomic mass is 10.1. The molecule has 0 saturated carbocycles. The molecule has 1 heterocycles. The zero-order valence-corrected chi connectivity index (χ0v) is 14.7. The normalized spacial score (nSPS) is 12.9. The van der Waals surface area contributed by atoms with Crippen molar-refractivity contribution in [2.45, 2.75) is 18.2 Å². The minimum Gasteiger partial charge on any atom is -0.493 e. The molecule has 2 aromatic rings. The van der Waals surface area contributed by atoms with Crippen LogP contribution in [0.15, 0.2) is 40.9 Å². The Morgan fingerprint density at radius 2 is 2.10 bits per heavy atom. The average molecular weight is 412 g/mol. The summed E-state index contributed by atoms with van der Waals surface area (Å²) in [4.78, 5) is 0. The quantitative estimate of drug-likeness (QED) is 0.651. The van der Waals surface area contributed by atoms with Gasteiger partial charge in [0, 0.05) is 23.7 Å². The molecule has 0 aliphatic carbocycles. The summed E-state index contributed by atoms with van der Waals surface area (Å²) in [6.45, 7) is 1.48. The third-order valence-corrected chi connectivity index (χ3v) is 4.81. The van der Waals surface area contributed by atoms with Gasteiger partial charge >= 0.3 is 0 Å². The van der Waals surface area contributed by atoms with E-state index in [-0.39, 0.29) is 0 Å².